The SMILES string of the molecule is O=C(NO)C1CN(C(=O)OCc2ccccc2)CCN1ON1CCC(c2c[nH]c3ccc(F)cc23)CC1. The van der Waals surface area contributed by atoms with Crippen LogP contribution in [0.1, 0.15) is 29.9 Å². The van der Waals surface area contributed by atoms with Gasteiger partial charge in [-0.15, -0.1) is 0 Å². The first-order chi connectivity index (χ1) is 18.0. The molecule has 2 fully saturated rings. The molecule has 0 aliphatic carbocycles. The minimum atomic E-state index is -0.905. The van der Waals surface area contributed by atoms with Gasteiger partial charge in [0.25, 0.3) is 5.91 Å². The number of nitrogens with one attached hydrogen (secondary N) is 2. The van der Waals surface area contributed by atoms with Crippen molar-refractivity contribution in [3.63, 3.8) is 0 Å². The number of piperidine rings is 1. The Balaban J connectivity index is 1.16. The largest absolute Gasteiger partial charge is 0.445 e. The molecule has 3 aromatic rings. The molecule has 0 spiro atoms. The van der Waals surface area contributed by atoms with E-state index in [0.717, 1.165) is 34.9 Å². The van der Waals surface area contributed by atoms with Crippen molar-refractivity contribution < 1.29 is 28.9 Å². The third-order valence-electron chi connectivity index (χ3n) is 7.00. The Kier molecular flexibility index (Phi) is 7.65. The lowest BCUT2D eigenvalue weighted by molar-refractivity contribution is -0.347. The summed E-state index contributed by atoms with van der Waals surface area (Å²) in [5, 5.41) is 13.5. The fraction of sp³-hybridized carbons (Fsp3) is 0.385. The van der Waals surface area contributed by atoms with E-state index in [9.17, 15) is 19.2 Å². The number of H-pyrrole nitrogens is 1. The van der Waals surface area contributed by atoms with Gasteiger partial charge in [0, 0.05) is 43.3 Å². The van der Waals surface area contributed by atoms with Gasteiger partial charge in [-0.05, 0) is 48.1 Å². The van der Waals surface area contributed by atoms with Crippen LogP contribution in [0.3, 0.4) is 0 Å². The van der Waals surface area contributed by atoms with Crippen molar-refractivity contribution in [3.8, 4) is 0 Å². The van der Waals surface area contributed by atoms with E-state index in [1.807, 2.05) is 36.5 Å². The number of piperazine rings is 1. The molecule has 2 aliphatic rings. The first kappa shape index (κ1) is 25.2. The maximum absolute atomic E-state index is 13.8. The lowest BCUT2D eigenvalue weighted by Gasteiger charge is -2.41. The average Bonchev–Trinajstić information content (AvgIpc) is 3.35. The Bertz CT molecular complexity index is 1230. The molecule has 2 amide bonds. The summed E-state index contributed by atoms with van der Waals surface area (Å²) in [5.41, 5.74) is 4.54. The number of rotatable bonds is 6. The number of hydrogen-bond acceptors (Lipinski definition) is 7. The first-order valence-corrected chi connectivity index (χ1v) is 12.4. The molecule has 0 saturated carbocycles. The second kappa shape index (κ2) is 11.3. The van der Waals surface area contributed by atoms with Crippen LogP contribution in [-0.4, -0.2) is 76.0 Å². The summed E-state index contributed by atoms with van der Waals surface area (Å²) in [5.74, 6) is -0.676. The summed E-state index contributed by atoms with van der Waals surface area (Å²) < 4.78 is 19.2. The summed E-state index contributed by atoms with van der Waals surface area (Å²) in [6.07, 6.45) is 3.01. The quantitative estimate of drug-likeness (QED) is 0.345. The van der Waals surface area contributed by atoms with Crippen LogP contribution in [0.25, 0.3) is 10.9 Å². The van der Waals surface area contributed by atoms with E-state index < -0.39 is 18.0 Å². The summed E-state index contributed by atoms with van der Waals surface area (Å²) in [6.45, 7) is 1.93. The molecule has 2 aliphatic heterocycles. The zero-order chi connectivity index (χ0) is 25.8. The number of aromatic nitrogens is 1. The van der Waals surface area contributed by atoms with Gasteiger partial charge in [0.2, 0.25) is 0 Å². The maximum atomic E-state index is 13.8. The van der Waals surface area contributed by atoms with Gasteiger partial charge in [0.1, 0.15) is 18.5 Å². The van der Waals surface area contributed by atoms with Gasteiger partial charge in [-0.1, -0.05) is 30.3 Å². The van der Waals surface area contributed by atoms with Crippen LogP contribution in [0.15, 0.2) is 54.7 Å². The van der Waals surface area contributed by atoms with Crippen molar-refractivity contribution in [2.24, 2.45) is 0 Å². The normalized spacial score (nSPS) is 19.7. The van der Waals surface area contributed by atoms with E-state index in [1.165, 1.54) is 16.0 Å². The number of benzene rings is 2. The minimum absolute atomic E-state index is 0.0113. The van der Waals surface area contributed by atoms with Crippen molar-refractivity contribution in [2.45, 2.75) is 31.4 Å². The predicted octanol–water partition coefficient (Wildman–Crippen LogP) is 3.16. The maximum Gasteiger partial charge on any atom is 0.410 e. The Morgan fingerprint density at radius 2 is 1.86 bits per heavy atom. The van der Waals surface area contributed by atoms with E-state index in [2.05, 4.69) is 4.98 Å². The number of aromatic amines is 1. The molecule has 0 bridgehead atoms. The number of nitrogens with zero attached hydrogens (tertiary/aromatic N) is 3. The summed E-state index contributed by atoms with van der Waals surface area (Å²) in [6, 6.07) is 13.2. The number of hydrogen-bond donors (Lipinski definition) is 3. The van der Waals surface area contributed by atoms with E-state index in [1.54, 1.807) is 22.7 Å². The third-order valence-corrected chi connectivity index (χ3v) is 7.00. The number of carbonyl (C=O) groups excluding carboxylic acids is 2. The standard InChI is InChI=1S/C26H30FN5O5/c27-20-6-7-23-21(14-20)22(15-28-23)19-8-10-31(11-9-19)37-32-13-12-30(16-24(32)25(33)29-35)26(34)36-17-18-4-2-1-3-5-18/h1-7,14-15,19,24,28,35H,8-13,16-17H2,(H,29,33). The molecule has 196 valence electrons. The van der Waals surface area contributed by atoms with Gasteiger partial charge < -0.3 is 14.6 Å². The fourth-order valence-corrected chi connectivity index (χ4v) is 4.98. The first-order valence-electron chi connectivity index (χ1n) is 12.4. The van der Waals surface area contributed by atoms with Crippen LogP contribution in [0.4, 0.5) is 9.18 Å². The van der Waals surface area contributed by atoms with E-state index in [0.29, 0.717) is 19.6 Å². The lowest BCUT2D eigenvalue weighted by atomic mass is 9.90. The Morgan fingerprint density at radius 1 is 1.08 bits per heavy atom. The molecule has 1 aromatic heterocycles. The lowest BCUT2D eigenvalue weighted by Crippen LogP contribution is -2.61. The van der Waals surface area contributed by atoms with Crippen LogP contribution in [-0.2, 0) is 21.1 Å². The molecule has 2 aromatic carbocycles. The van der Waals surface area contributed by atoms with E-state index in [4.69, 9.17) is 9.68 Å². The van der Waals surface area contributed by atoms with Gasteiger partial charge >= 0.3 is 6.09 Å². The Labute approximate surface area is 213 Å². The number of halogens is 1. The zero-order valence-electron chi connectivity index (χ0n) is 20.3. The summed E-state index contributed by atoms with van der Waals surface area (Å²) in [7, 11) is 0. The van der Waals surface area contributed by atoms with Crippen LogP contribution in [0.2, 0.25) is 0 Å². The molecule has 5 rings (SSSR count). The molecule has 37 heavy (non-hydrogen) atoms. The van der Waals surface area contributed by atoms with Crippen LogP contribution >= 0.6 is 0 Å². The molecule has 1 atom stereocenters. The topological polar surface area (TPSA) is 110 Å². The smallest absolute Gasteiger partial charge is 0.410 e. The summed E-state index contributed by atoms with van der Waals surface area (Å²) in [4.78, 5) is 35.7. The van der Waals surface area contributed by atoms with Crippen molar-refractivity contribution in [2.75, 3.05) is 32.7 Å². The molecule has 1 unspecified atom stereocenters. The van der Waals surface area contributed by atoms with E-state index in [-0.39, 0.29) is 31.4 Å². The second-order valence-corrected chi connectivity index (χ2v) is 9.34. The zero-order valence-corrected chi connectivity index (χ0v) is 20.3. The number of ether oxygens (including phenoxy) is 1. The monoisotopic (exact) mass is 511 g/mol. The highest BCUT2D eigenvalue weighted by atomic mass is 19.1. The number of fused-ring (bicyclic) bond motifs is 1. The van der Waals surface area contributed by atoms with Crippen molar-refractivity contribution >= 4 is 22.9 Å². The molecular weight excluding hydrogens is 481 g/mol. The van der Waals surface area contributed by atoms with Gasteiger partial charge in [-0.25, -0.2) is 19.6 Å². The minimum Gasteiger partial charge on any atom is -0.445 e. The van der Waals surface area contributed by atoms with E-state index >= 15 is 0 Å². The molecular formula is C26H30FN5O5. The molecule has 10 nitrogen and oxygen atoms in total. The predicted molar refractivity (Wildman–Crippen MR) is 132 cm³/mol. The second-order valence-electron chi connectivity index (χ2n) is 9.34. The van der Waals surface area contributed by atoms with Crippen LogP contribution in [0.5, 0.6) is 0 Å². The summed E-state index contributed by atoms with van der Waals surface area (Å²) >= 11 is 0. The Hall–Kier alpha value is -3.51. The van der Waals surface area contributed by atoms with Gasteiger partial charge in [0.15, 0.2) is 0 Å². The molecule has 2 saturated heterocycles. The van der Waals surface area contributed by atoms with Crippen molar-refractivity contribution in [1.82, 2.24) is 25.5 Å². The third kappa shape index (κ3) is 5.75. The highest BCUT2D eigenvalue weighted by molar-refractivity contribution is 5.84. The molecule has 11 heteroatoms. The highest BCUT2D eigenvalue weighted by Gasteiger charge is 2.38. The Morgan fingerprint density at radius 3 is 2.62 bits per heavy atom. The van der Waals surface area contributed by atoms with Gasteiger partial charge in [-0.2, -0.15) is 10.1 Å². The highest BCUT2D eigenvalue weighted by Crippen LogP contribution is 2.34. The van der Waals surface area contributed by atoms with Crippen molar-refractivity contribution in [1.29, 1.82) is 0 Å². The molecule has 0 radical (unpaired) electrons. The fourth-order valence-electron chi connectivity index (χ4n) is 4.98. The van der Waals surface area contributed by atoms with Crippen molar-refractivity contribution in [3.05, 3.63) is 71.7 Å². The van der Waals surface area contributed by atoms with Crippen LogP contribution < -0.4 is 5.48 Å². The average molecular weight is 512 g/mol. The number of amides is 2. The van der Waals surface area contributed by atoms with Gasteiger partial charge in [0.05, 0.1) is 6.54 Å². The number of carbonyl (C=O) groups is 2. The van der Waals surface area contributed by atoms with Crippen LogP contribution in [0, 0.1) is 5.82 Å². The molecule has 3 N–H and O–H groups in total. The number of hydroxylamine groups is 5. The molecule has 3 heterocycles. The van der Waals surface area contributed by atoms with Gasteiger partial charge in [-0.3, -0.25) is 10.0 Å².